The van der Waals surface area contributed by atoms with Gasteiger partial charge >= 0.3 is 0 Å². The second-order valence-electron chi connectivity index (χ2n) is 8.03. The summed E-state index contributed by atoms with van der Waals surface area (Å²) in [6.45, 7) is 20.3. The van der Waals surface area contributed by atoms with E-state index >= 15 is 0 Å². The molecule has 0 saturated heterocycles. The van der Waals surface area contributed by atoms with Crippen LogP contribution in [0.25, 0.3) is 0 Å². The van der Waals surface area contributed by atoms with E-state index in [0.717, 1.165) is 35.8 Å². The monoisotopic (exact) mass is 512 g/mol. The zero-order valence-electron chi connectivity index (χ0n) is 19.6. The number of hydrogen-bond donors (Lipinski definition) is 0. The molecule has 27 heavy (non-hydrogen) atoms. The van der Waals surface area contributed by atoms with Gasteiger partial charge in [-0.15, -0.1) is 0 Å². The van der Waals surface area contributed by atoms with Crippen LogP contribution in [0.15, 0.2) is 24.3 Å². The van der Waals surface area contributed by atoms with Gasteiger partial charge in [0, 0.05) is 50.5 Å². The van der Waals surface area contributed by atoms with Gasteiger partial charge in [-0.25, -0.2) is 0 Å². The summed E-state index contributed by atoms with van der Waals surface area (Å²) < 4.78 is 9.94. The molecule has 0 aliphatic rings. The fourth-order valence-corrected chi connectivity index (χ4v) is 8.47. The minimum atomic E-state index is -0.202. The Morgan fingerprint density at radius 3 is 1.00 bits per heavy atom. The van der Waals surface area contributed by atoms with Crippen molar-refractivity contribution in [1.82, 2.24) is 0 Å². The zero-order valence-corrected chi connectivity index (χ0v) is 23.1. The molecule has 5 heteroatoms. The molecule has 0 spiro atoms. The van der Waals surface area contributed by atoms with Gasteiger partial charge in [0.1, 0.15) is 0 Å². The third-order valence-electron chi connectivity index (χ3n) is 4.53. The van der Waals surface area contributed by atoms with Crippen LogP contribution in [0.3, 0.4) is 0 Å². The van der Waals surface area contributed by atoms with E-state index in [0.29, 0.717) is 0 Å². The summed E-state index contributed by atoms with van der Waals surface area (Å²) in [4.78, 5) is 0. The largest absolute Gasteiger partial charge is 0.381 e. The Hall–Kier alpha value is 0.922. The molecule has 0 rings (SSSR count). The van der Waals surface area contributed by atoms with Gasteiger partial charge in [0.05, 0.1) is 48.2 Å². The van der Waals surface area contributed by atoms with E-state index in [9.17, 15) is 0 Å². The van der Waals surface area contributed by atoms with Gasteiger partial charge in [0.2, 0.25) is 0 Å². The smallest absolute Gasteiger partial charge is 0.0756 e. The van der Waals surface area contributed by atoms with Gasteiger partial charge in [0.15, 0.2) is 0 Å². The van der Waals surface area contributed by atoms with Crippen molar-refractivity contribution in [3.63, 3.8) is 0 Å². The topological polar surface area (TPSA) is 18.5 Å². The van der Waals surface area contributed by atoms with E-state index < -0.39 is 0 Å². The van der Waals surface area contributed by atoms with Crippen LogP contribution in [0.4, 0.5) is 0 Å². The standard InChI is InChI=1S/2C11H23OP.Pd/c2*1-10(2)13(11(3)4)9-7-6-8-12-5;/h2*6-7,10-11H,8-9H2,1-5H3;/p+2. The molecule has 0 radical (unpaired) electrons. The summed E-state index contributed by atoms with van der Waals surface area (Å²) in [6.07, 6.45) is 11.4. The Morgan fingerprint density at radius 1 is 0.556 bits per heavy atom. The molecular formula is C22H48O2P2Pd+2. The van der Waals surface area contributed by atoms with Crippen LogP contribution in [-0.4, -0.2) is 62.4 Å². The van der Waals surface area contributed by atoms with Crippen LogP contribution < -0.4 is 0 Å². The fraction of sp³-hybridized carbons (Fsp3) is 0.818. The van der Waals surface area contributed by atoms with E-state index in [-0.39, 0.29) is 36.3 Å². The minimum absolute atomic E-state index is 0. The van der Waals surface area contributed by atoms with Gasteiger partial charge in [0.25, 0.3) is 0 Å². The Labute approximate surface area is 187 Å². The van der Waals surface area contributed by atoms with Crippen LogP contribution in [-0.2, 0) is 29.9 Å². The van der Waals surface area contributed by atoms with Crippen molar-refractivity contribution in [1.29, 1.82) is 0 Å². The molecule has 0 aliphatic carbocycles. The van der Waals surface area contributed by atoms with Crippen molar-refractivity contribution in [3.8, 4) is 0 Å². The number of hydrogen-bond acceptors (Lipinski definition) is 2. The summed E-state index contributed by atoms with van der Waals surface area (Å²) >= 11 is 0. The van der Waals surface area contributed by atoms with Crippen LogP contribution in [0.1, 0.15) is 55.4 Å². The first-order chi connectivity index (χ1) is 12.2. The van der Waals surface area contributed by atoms with Crippen molar-refractivity contribution in [2.75, 3.05) is 39.8 Å². The van der Waals surface area contributed by atoms with Gasteiger partial charge < -0.3 is 9.47 Å². The summed E-state index contributed by atoms with van der Waals surface area (Å²) in [5.41, 5.74) is 3.49. The van der Waals surface area contributed by atoms with E-state index in [2.05, 4.69) is 79.7 Å². The molecule has 0 heterocycles. The molecule has 0 saturated carbocycles. The first kappa shape index (κ1) is 32.6. The zero-order chi connectivity index (χ0) is 20.5. The Balaban J connectivity index is -0.000000411. The second-order valence-corrected chi connectivity index (χ2v) is 15.8. The van der Waals surface area contributed by atoms with E-state index in [1.807, 2.05) is 0 Å². The number of methoxy groups -OCH3 is 2. The predicted octanol–water partition coefficient (Wildman–Crippen LogP) is 6.44. The molecule has 0 aromatic heterocycles. The summed E-state index contributed by atoms with van der Waals surface area (Å²) in [6, 6.07) is 0. The molecule has 0 aromatic rings. The van der Waals surface area contributed by atoms with Crippen LogP contribution in [0.2, 0.25) is 0 Å². The summed E-state index contributed by atoms with van der Waals surface area (Å²) in [7, 11) is 3.07. The van der Waals surface area contributed by atoms with E-state index in [1.54, 1.807) is 14.2 Å². The minimum Gasteiger partial charge on any atom is -0.381 e. The summed E-state index contributed by atoms with van der Waals surface area (Å²) in [5.74, 6) is 0. The first-order valence-corrected chi connectivity index (χ1v) is 13.9. The summed E-state index contributed by atoms with van der Waals surface area (Å²) in [5, 5.41) is 0. The average molecular weight is 513 g/mol. The van der Waals surface area contributed by atoms with Gasteiger partial charge in [-0.3, -0.25) is 0 Å². The number of ether oxygens (including phenoxy) is 2. The van der Waals surface area contributed by atoms with Crippen molar-refractivity contribution in [3.05, 3.63) is 24.3 Å². The van der Waals surface area contributed by atoms with E-state index in [1.165, 1.54) is 12.3 Å². The first-order valence-electron chi connectivity index (χ1n) is 10.2. The molecule has 0 bridgehead atoms. The van der Waals surface area contributed by atoms with Crippen LogP contribution in [0.5, 0.6) is 0 Å². The van der Waals surface area contributed by atoms with E-state index in [4.69, 9.17) is 9.47 Å². The number of rotatable bonds is 12. The molecular weight excluding hydrogens is 465 g/mol. The fourth-order valence-electron chi connectivity index (χ4n) is 3.04. The molecule has 0 aromatic carbocycles. The van der Waals surface area contributed by atoms with Gasteiger partial charge in [-0.1, -0.05) is 12.2 Å². The second kappa shape index (κ2) is 21.6. The molecule has 0 atom stereocenters. The molecule has 0 fully saturated rings. The number of allylic oxidation sites excluding steroid dienone is 2. The maximum atomic E-state index is 4.97. The molecule has 2 nitrogen and oxygen atoms in total. The third kappa shape index (κ3) is 20.0. The Kier molecular flexibility index (Phi) is 26.1. The molecule has 0 N–H and O–H groups in total. The SMILES string of the molecule is COCC=CC[PH+](C(C)C)C(C)C.COCC=CC[PH+](C(C)C)C(C)C.[Pd]. The Bertz CT molecular complexity index is 306. The van der Waals surface area contributed by atoms with Crippen LogP contribution in [0, 0.1) is 0 Å². The third-order valence-corrected chi connectivity index (χ3v) is 11.9. The van der Waals surface area contributed by atoms with Crippen molar-refractivity contribution in [2.45, 2.75) is 78.0 Å². The van der Waals surface area contributed by atoms with Crippen molar-refractivity contribution >= 4 is 15.8 Å². The van der Waals surface area contributed by atoms with Crippen molar-refractivity contribution in [2.24, 2.45) is 0 Å². The predicted molar refractivity (Wildman–Crippen MR) is 129 cm³/mol. The quantitative estimate of drug-likeness (QED) is 0.170. The normalized spacial score (nSPS) is 12.1. The maximum Gasteiger partial charge on any atom is 0.0756 e. The average Bonchev–Trinajstić information content (AvgIpc) is 2.53. The van der Waals surface area contributed by atoms with Crippen molar-refractivity contribution < 1.29 is 29.9 Å². The maximum absolute atomic E-state index is 4.97. The van der Waals surface area contributed by atoms with Gasteiger partial charge in [-0.2, -0.15) is 0 Å². The van der Waals surface area contributed by atoms with Gasteiger partial charge in [-0.05, 0) is 67.5 Å². The molecule has 0 amide bonds. The Morgan fingerprint density at radius 2 is 0.815 bits per heavy atom. The van der Waals surface area contributed by atoms with Crippen LogP contribution >= 0.6 is 15.8 Å². The molecule has 166 valence electrons. The molecule has 0 aliphatic heterocycles. The molecule has 0 unspecified atom stereocenters.